The van der Waals surface area contributed by atoms with Gasteiger partial charge in [-0.2, -0.15) is 0 Å². The van der Waals surface area contributed by atoms with E-state index < -0.39 is 5.41 Å². The molecule has 0 spiro atoms. The predicted octanol–water partition coefficient (Wildman–Crippen LogP) is 2.90. The number of carbonyl (C=O) groups excluding carboxylic acids is 1. The van der Waals surface area contributed by atoms with Crippen LogP contribution in [0.5, 0.6) is 0 Å². The van der Waals surface area contributed by atoms with Gasteiger partial charge in [0.2, 0.25) is 5.91 Å². The molecule has 2 aromatic rings. The smallest absolute Gasteiger partial charge is 0.232 e. The van der Waals surface area contributed by atoms with Gasteiger partial charge in [-0.3, -0.25) is 4.79 Å². The van der Waals surface area contributed by atoms with E-state index in [1.807, 2.05) is 37.8 Å². The van der Waals surface area contributed by atoms with Crippen LogP contribution in [0.25, 0.3) is 0 Å². The maximum atomic E-state index is 13.1. The van der Waals surface area contributed by atoms with Gasteiger partial charge in [0.25, 0.3) is 0 Å². The molecule has 0 aliphatic carbocycles. The molecule has 3 rings (SSSR count). The lowest BCUT2D eigenvalue weighted by molar-refractivity contribution is -0.144. The molecule has 1 aromatic carbocycles. The zero-order valence-electron chi connectivity index (χ0n) is 14.8. The fraction of sp³-hybridized carbons (Fsp3) is 0.474. The van der Waals surface area contributed by atoms with Crippen molar-refractivity contribution in [3.63, 3.8) is 0 Å². The van der Waals surface area contributed by atoms with E-state index in [1.54, 1.807) is 6.20 Å². The number of H-pyrrole nitrogens is 1. The lowest BCUT2D eigenvalue weighted by Gasteiger charge is -2.37. The minimum atomic E-state index is -0.561. The van der Waals surface area contributed by atoms with Gasteiger partial charge in [-0.15, -0.1) is 0 Å². The number of aromatic amines is 1. The summed E-state index contributed by atoms with van der Waals surface area (Å²) >= 11 is 0. The molecule has 0 saturated carbocycles. The Hall–Kier alpha value is -2.14. The molecule has 1 aromatic heterocycles. The van der Waals surface area contributed by atoms with Crippen molar-refractivity contribution in [2.45, 2.75) is 39.2 Å². The van der Waals surface area contributed by atoms with Crippen molar-refractivity contribution in [2.24, 2.45) is 0 Å². The van der Waals surface area contributed by atoms with E-state index in [4.69, 9.17) is 4.74 Å². The summed E-state index contributed by atoms with van der Waals surface area (Å²) in [5.74, 6) is 0.918. The summed E-state index contributed by atoms with van der Waals surface area (Å²) in [7, 11) is 0. The third kappa shape index (κ3) is 3.22. The molecule has 128 valence electrons. The number of morpholine rings is 1. The first-order valence-corrected chi connectivity index (χ1v) is 8.37. The van der Waals surface area contributed by atoms with Gasteiger partial charge in [-0.1, -0.05) is 29.8 Å². The molecule has 5 heteroatoms. The van der Waals surface area contributed by atoms with Crippen molar-refractivity contribution in [1.82, 2.24) is 14.9 Å². The SMILES string of the molecule is Cc1ccc(C(C)(C)C(=O)N2CCO[C@@H](c3ncc(C)[nH]3)C2)cc1. The van der Waals surface area contributed by atoms with Crippen LogP contribution < -0.4 is 0 Å². The van der Waals surface area contributed by atoms with Crippen molar-refractivity contribution in [1.29, 1.82) is 0 Å². The first-order chi connectivity index (χ1) is 11.4. The van der Waals surface area contributed by atoms with Crippen molar-refractivity contribution in [2.75, 3.05) is 19.7 Å². The molecule has 1 atom stereocenters. The van der Waals surface area contributed by atoms with Gasteiger partial charge in [0, 0.05) is 18.4 Å². The van der Waals surface area contributed by atoms with Crippen LogP contribution in [0.2, 0.25) is 0 Å². The van der Waals surface area contributed by atoms with Crippen molar-refractivity contribution in [3.05, 3.63) is 53.1 Å². The largest absolute Gasteiger partial charge is 0.367 e. The Morgan fingerprint density at radius 2 is 2.00 bits per heavy atom. The molecule has 1 amide bonds. The van der Waals surface area contributed by atoms with Crippen LogP contribution in [0.3, 0.4) is 0 Å². The number of aromatic nitrogens is 2. The molecule has 24 heavy (non-hydrogen) atoms. The van der Waals surface area contributed by atoms with E-state index in [-0.39, 0.29) is 12.0 Å². The van der Waals surface area contributed by atoms with Crippen LogP contribution in [0.1, 0.15) is 42.6 Å². The van der Waals surface area contributed by atoms with Gasteiger partial charge < -0.3 is 14.6 Å². The van der Waals surface area contributed by atoms with Gasteiger partial charge in [0.15, 0.2) is 0 Å². The summed E-state index contributed by atoms with van der Waals surface area (Å²) in [6, 6.07) is 8.19. The van der Waals surface area contributed by atoms with Crippen LogP contribution >= 0.6 is 0 Å². The molecule has 1 aliphatic rings. The molecule has 0 unspecified atom stereocenters. The summed E-state index contributed by atoms with van der Waals surface area (Å²) < 4.78 is 5.80. The Bertz CT molecular complexity index is 718. The molecule has 1 aliphatic heterocycles. The fourth-order valence-corrected chi connectivity index (χ4v) is 3.08. The second-order valence-electron chi connectivity index (χ2n) is 7.05. The third-order valence-electron chi connectivity index (χ3n) is 4.69. The number of hydrogen-bond acceptors (Lipinski definition) is 3. The standard InChI is InChI=1S/C19H25N3O2/c1-13-5-7-15(8-6-13)19(3,4)18(23)22-9-10-24-16(12-22)17-20-11-14(2)21-17/h5-8,11,16H,9-10,12H2,1-4H3,(H,20,21)/t16-/m1/s1. The molecule has 2 heterocycles. The van der Waals surface area contributed by atoms with E-state index in [2.05, 4.69) is 29.0 Å². The first kappa shape index (κ1) is 16.7. The minimum absolute atomic E-state index is 0.128. The maximum absolute atomic E-state index is 13.1. The average Bonchev–Trinajstić information content (AvgIpc) is 3.01. The number of nitrogens with one attached hydrogen (secondary N) is 1. The summed E-state index contributed by atoms with van der Waals surface area (Å²) in [6.07, 6.45) is 1.60. The number of rotatable bonds is 3. The number of carbonyl (C=O) groups is 1. The van der Waals surface area contributed by atoms with Gasteiger partial charge in [0.05, 0.1) is 18.6 Å². The molecule has 1 N–H and O–H groups in total. The zero-order valence-corrected chi connectivity index (χ0v) is 14.8. The molecular formula is C19H25N3O2. The Morgan fingerprint density at radius 1 is 1.29 bits per heavy atom. The number of imidazole rings is 1. The number of amides is 1. The summed E-state index contributed by atoms with van der Waals surface area (Å²) in [4.78, 5) is 22.6. The molecule has 1 fully saturated rings. The van der Waals surface area contributed by atoms with Gasteiger partial charge in [-0.05, 0) is 33.3 Å². The highest BCUT2D eigenvalue weighted by Gasteiger charge is 2.36. The molecular weight excluding hydrogens is 302 g/mol. The van der Waals surface area contributed by atoms with E-state index in [0.29, 0.717) is 19.7 Å². The quantitative estimate of drug-likeness (QED) is 0.943. The van der Waals surface area contributed by atoms with E-state index in [9.17, 15) is 4.79 Å². The van der Waals surface area contributed by atoms with Crippen LogP contribution in [-0.4, -0.2) is 40.5 Å². The monoisotopic (exact) mass is 327 g/mol. The topological polar surface area (TPSA) is 58.2 Å². The van der Waals surface area contributed by atoms with Crippen LogP contribution in [0.15, 0.2) is 30.5 Å². The predicted molar refractivity (Wildman–Crippen MR) is 92.8 cm³/mol. The lowest BCUT2D eigenvalue weighted by Crippen LogP contribution is -2.49. The van der Waals surface area contributed by atoms with Gasteiger partial charge >= 0.3 is 0 Å². The van der Waals surface area contributed by atoms with E-state index >= 15 is 0 Å². The van der Waals surface area contributed by atoms with Crippen LogP contribution in [0.4, 0.5) is 0 Å². The molecule has 0 bridgehead atoms. The summed E-state index contributed by atoms with van der Waals surface area (Å²) in [5.41, 5.74) is 2.67. The van der Waals surface area contributed by atoms with Crippen molar-refractivity contribution >= 4 is 5.91 Å². The average molecular weight is 327 g/mol. The van der Waals surface area contributed by atoms with Crippen LogP contribution in [-0.2, 0) is 14.9 Å². The maximum Gasteiger partial charge on any atom is 0.232 e. The Labute approximate surface area is 143 Å². The minimum Gasteiger partial charge on any atom is -0.367 e. The highest BCUT2D eigenvalue weighted by atomic mass is 16.5. The van der Waals surface area contributed by atoms with E-state index in [1.165, 1.54) is 5.56 Å². The molecule has 1 saturated heterocycles. The Kier molecular flexibility index (Phi) is 4.45. The fourth-order valence-electron chi connectivity index (χ4n) is 3.08. The second kappa shape index (κ2) is 6.40. The number of benzene rings is 1. The Balaban J connectivity index is 1.77. The van der Waals surface area contributed by atoms with Crippen molar-refractivity contribution < 1.29 is 9.53 Å². The lowest BCUT2D eigenvalue weighted by atomic mass is 9.82. The molecule has 5 nitrogen and oxygen atoms in total. The van der Waals surface area contributed by atoms with Crippen LogP contribution in [0, 0.1) is 13.8 Å². The summed E-state index contributed by atoms with van der Waals surface area (Å²) in [5, 5.41) is 0. The first-order valence-electron chi connectivity index (χ1n) is 8.37. The number of nitrogens with zero attached hydrogens (tertiary/aromatic N) is 2. The second-order valence-corrected chi connectivity index (χ2v) is 7.05. The number of aryl methyl sites for hydroxylation is 2. The molecule has 0 radical (unpaired) electrons. The number of ether oxygens (including phenoxy) is 1. The normalized spacial score (nSPS) is 18.7. The highest BCUT2D eigenvalue weighted by Crippen LogP contribution is 2.29. The number of hydrogen-bond donors (Lipinski definition) is 1. The highest BCUT2D eigenvalue weighted by molar-refractivity contribution is 5.87. The van der Waals surface area contributed by atoms with Crippen molar-refractivity contribution in [3.8, 4) is 0 Å². The zero-order chi connectivity index (χ0) is 17.3. The third-order valence-corrected chi connectivity index (χ3v) is 4.69. The van der Waals surface area contributed by atoms with Gasteiger partial charge in [-0.25, -0.2) is 4.98 Å². The van der Waals surface area contributed by atoms with E-state index in [0.717, 1.165) is 17.1 Å². The summed E-state index contributed by atoms with van der Waals surface area (Å²) in [6.45, 7) is 9.66. The van der Waals surface area contributed by atoms with Gasteiger partial charge in [0.1, 0.15) is 11.9 Å². The Morgan fingerprint density at radius 3 is 2.62 bits per heavy atom.